The molecule has 7 heteroatoms. The van der Waals surface area contributed by atoms with Crippen molar-refractivity contribution in [1.29, 1.82) is 0 Å². The maximum absolute atomic E-state index is 13.3. The Morgan fingerprint density at radius 1 is 0.920 bits per heavy atom. The van der Waals surface area contributed by atoms with Crippen molar-refractivity contribution in [2.24, 2.45) is 0 Å². The van der Waals surface area contributed by atoms with Crippen LogP contribution in [0.2, 0.25) is 0 Å². The van der Waals surface area contributed by atoms with E-state index in [4.69, 9.17) is 0 Å². The van der Waals surface area contributed by atoms with Crippen LogP contribution in [0.15, 0.2) is 64.5 Å². The lowest BCUT2D eigenvalue weighted by Gasteiger charge is -2.09. The normalized spacial score (nSPS) is 10.3. The Morgan fingerprint density at radius 2 is 1.64 bits per heavy atom. The van der Waals surface area contributed by atoms with Crippen molar-refractivity contribution < 1.29 is 14.0 Å². The second kappa shape index (κ2) is 7.58. The van der Waals surface area contributed by atoms with Gasteiger partial charge >= 0.3 is 0 Å². The van der Waals surface area contributed by atoms with Crippen LogP contribution >= 0.6 is 27.3 Å². The number of rotatable bonds is 4. The Hall–Kier alpha value is -2.51. The minimum absolute atomic E-state index is 0.188. The van der Waals surface area contributed by atoms with Crippen LogP contribution in [-0.4, -0.2) is 11.8 Å². The van der Waals surface area contributed by atoms with E-state index in [2.05, 4.69) is 26.6 Å². The monoisotopic (exact) mass is 418 g/mol. The number of thiophene rings is 1. The van der Waals surface area contributed by atoms with Gasteiger partial charge in [0.2, 0.25) is 0 Å². The van der Waals surface area contributed by atoms with Gasteiger partial charge in [0.05, 0.1) is 10.4 Å². The van der Waals surface area contributed by atoms with E-state index >= 15 is 0 Å². The first kappa shape index (κ1) is 17.3. The van der Waals surface area contributed by atoms with Gasteiger partial charge in [0, 0.05) is 15.8 Å². The van der Waals surface area contributed by atoms with Gasteiger partial charge in [-0.05, 0) is 63.8 Å². The lowest BCUT2D eigenvalue weighted by Crippen LogP contribution is -2.14. The minimum Gasteiger partial charge on any atom is -0.322 e. The van der Waals surface area contributed by atoms with E-state index in [0.29, 0.717) is 20.7 Å². The molecule has 3 rings (SSSR count). The van der Waals surface area contributed by atoms with Gasteiger partial charge < -0.3 is 10.6 Å². The highest BCUT2D eigenvalue weighted by molar-refractivity contribution is 9.10. The molecule has 126 valence electrons. The number of halogens is 2. The fraction of sp³-hybridized carbons (Fsp3) is 0. The van der Waals surface area contributed by atoms with E-state index in [1.165, 1.54) is 23.5 Å². The smallest absolute Gasteiger partial charge is 0.265 e. The second-order valence-electron chi connectivity index (χ2n) is 5.09. The molecule has 0 saturated heterocycles. The molecule has 0 spiro atoms. The van der Waals surface area contributed by atoms with Crippen molar-refractivity contribution in [2.75, 3.05) is 10.6 Å². The van der Waals surface area contributed by atoms with Crippen molar-refractivity contribution in [3.05, 3.63) is 80.7 Å². The molecule has 0 unspecified atom stereocenters. The number of carbonyl (C=O) groups is 2. The SMILES string of the molecule is O=C(Nc1cccc(NC(=O)c2cc(F)ccc2Br)c1)c1cccs1. The van der Waals surface area contributed by atoms with E-state index in [1.807, 2.05) is 5.38 Å². The highest BCUT2D eigenvalue weighted by Crippen LogP contribution is 2.21. The Morgan fingerprint density at radius 3 is 2.32 bits per heavy atom. The summed E-state index contributed by atoms with van der Waals surface area (Å²) >= 11 is 4.57. The van der Waals surface area contributed by atoms with Gasteiger partial charge in [-0.25, -0.2) is 4.39 Å². The molecule has 0 saturated carbocycles. The molecular formula is C18H12BrFN2O2S. The van der Waals surface area contributed by atoms with Crippen LogP contribution in [0, 0.1) is 5.82 Å². The predicted octanol–water partition coefficient (Wildman–Crippen LogP) is 5.15. The van der Waals surface area contributed by atoms with Gasteiger partial charge in [-0.15, -0.1) is 11.3 Å². The average molecular weight is 419 g/mol. The first-order chi connectivity index (χ1) is 12.0. The van der Waals surface area contributed by atoms with E-state index in [9.17, 15) is 14.0 Å². The zero-order chi connectivity index (χ0) is 17.8. The maximum atomic E-state index is 13.3. The van der Waals surface area contributed by atoms with Crippen molar-refractivity contribution in [3.8, 4) is 0 Å². The summed E-state index contributed by atoms with van der Waals surface area (Å²) in [5.41, 5.74) is 1.23. The molecule has 25 heavy (non-hydrogen) atoms. The number of hydrogen-bond acceptors (Lipinski definition) is 3. The van der Waals surface area contributed by atoms with E-state index in [1.54, 1.807) is 36.4 Å². The van der Waals surface area contributed by atoms with E-state index in [-0.39, 0.29) is 11.5 Å². The van der Waals surface area contributed by atoms with Crippen molar-refractivity contribution in [3.63, 3.8) is 0 Å². The number of benzene rings is 2. The number of nitrogens with one attached hydrogen (secondary N) is 2. The third-order valence-electron chi connectivity index (χ3n) is 3.30. The molecule has 1 aromatic heterocycles. The summed E-state index contributed by atoms with van der Waals surface area (Å²) in [6.07, 6.45) is 0. The average Bonchev–Trinajstić information content (AvgIpc) is 3.12. The summed E-state index contributed by atoms with van der Waals surface area (Å²) < 4.78 is 13.8. The van der Waals surface area contributed by atoms with Crippen LogP contribution < -0.4 is 10.6 Å². The molecule has 0 fully saturated rings. The van der Waals surface area contributed by atoms with Gasteiger partial charge in [0.1, 0.15) is 5.82 Å². The van der Waals surface area contributed by atoms with Crippen LogP contribution in [0.4, 0.5) is 15.8 Å². The zero-order valence-electron chi connectivity index (χ0n) is 12.8. The fourth-order valence-corrected chi connectivity index (χ4v) is 3.19. The molecule has 3 aromatic rings. The van der Waals surface area contributed by atoms with Gasteiger partial charge in [0.15, 0.2) is 0 Å². The molecule has 2 N–H and O–H groups in total. The molecule has 0 aliphatic heterocycles. The quantitative estimate of drug-likeness (QED) is 0.614. The molecule has 2 aromatic carbocycles. The Bertz CT molecular complexity index is 929. The molecule has 4 nitrogen and oxygen atoms in total. The van der Waals surface area contributed by atoms with Crippen LogP contribution in [-0.2, 0) is 0 Å². The molecule has 0 aliphatic rings. The van der Waals surface area contributed by atoms with Crippen molar-refractivity contribution >= 4 is 50.5 Å². The Labute approximate surface area is 155 Å². The lowest BCUT2D eigenvalue weighted by molar-refractivity contribution is 0.102. The summed E-state index contributed by atoms with van der Waals surface area (Å²) in [5, 5.41) is 7.28. The number of anilines is 2. The van der Waals surface area contributed by atoms with Gasteiger partial charge in [-0.1, -0.05) is 12.1 Å². The minimum atomic E-state index is -0.495. The highest BCUT2D eigenvalue weighted by Gasteiger charge is 2.12. The molecule has 2 amide bonds. The van der Waals surface area contributed by atoms with Crippen LogP contribution in [0.25, 0.3) is 0 Å². The molecule has 0 radical (unpaired) electrons. The summed E-state index contributed by atoms with van der Waals surface area (Å²) in [5.74, 6) is -1.16. The van der Waals surface area contributed by atoms with Gasteiger partial charge in [0.25, 0.3) is 11.8 Å². The summed E-state index contributed by atoms with van der Waals surface area (Å²) in [4.78, 5) is 25.0. The third kappa shape index (κ3) is 4.32. The summed E-state index contributed by atoms with van der Waals surface area (Å²) in [6, 6.07) is 14.2. The molecule has 0 aliphatic carbocycles. The van der Waals surface area contributed by atoms with Crippen LogP contribution in [0.1, 0.15) is 20.0 Å². The van der Waals surface area contributed by atoms with E-state index in [0.717, 1.165) is 6.07 Å². The molecule has 0 bridgehead atoms. The van der Waals surface area contributed by atoms with Gasteiger partial charge in [-0.3, -0.25) is 9.59 Å². The molecular weight excluding hydrogens is 407 g/mol. The highest BCUT2D eigenvalue weighted by atomic mass is 79.9. The summed E-state index contributed by atoms with van der Waals surface area (Å²) in [7, 11) is 0. The molecule has 0 atom stereocenters. The predicted molar refractivity (Wildman–Crippen MR) is 101 cm³/mol. The lowest BCUT2D eigenvalue weighted by atomic mass is 10.2. The molecule has 1 heterocycles. The third-order valence-corrected chi connectivity index (χ3v) is 4.86. The topological polar surface area (TPSA) is 58.2 Å². The van der Waals surface area contributed by atoms with Gasteiger partial charge in [-0.2, -0.15) is 0 Å². The Balaban J connectivity index is 1.74. The zero-order valence-corrected chi connectivity index (χ0v) is 15.2. The standard InChI is InChI=1S/C18H12BrFN2O2S/c19-15-7-6-11(20)9-14(15)17(23)21-12-3-1-4-13(10-12)22-18(24)16-5-2-8-25-16/h1-10H,(H,21,23)(H,22,24). The fourth-order valence-electron chi connectivity index (χ4n) is 2.15. The number of hydrogen-bond donors (Lipinski definition) is 2. The van der Waals surface area contributed by atoms with Crippen LogP contribution in [0.5, 0.6) is 0 Å². The first-order valence-corrected chi connectivity index (χ1v) is 8.91. The van der Waals surface area contributed by atoms with E-state index < -0.39 is 11.7 Å². The number of carbonyl (C=O) groups excluding carboxylic acids is 2. The van der Waals surface area contributed by atoms with Crippen molar-refractivity contribution in [2.45, 2.75) is 0 Å². The van der Waals surface area contributed by atoms with Crippen molar-refractivity contribution in [1.82, 2.24) is 0 Å². The Kier molecular flexibility index (Phi) is 5.25. The summed E-state index contributed by atoms with van der Waals surface area (Å²) in [6.45, 7) is 0. The largest absolute Gasteiger partial charge is 0.322 e. The van der Waals surface area contributed by atoms with Crippen LogP contribution in [0.3, 0.4) is 0 Å². The number of amides is 2. The second-order valence-corrected chi connectivity index (χ2v) is 6.89. The first-order valence-electron chi connectivity index (χ1n) is 7.24. The maximum Gasteiger partial charge on any atom is 0.265 e.